The number of nitro groups is 1. The molecule has 6 heteroatoms. The second-order valence-electron chi connectivity index (χ2n) is 5.99. The summed E-state index contributed by atoms with van der Waals surface area (Å²) in [6, 6.07) is 13.2. The van der Waals surface area contributed by atoms with Gasteiger partial charge in [0.05, 0.1) is 18.6 Å². The normalized spacial score (nSPS) is 16.7. The van der Waals surface area contributed by atoms with Crippen molar-refractivity contribution in [3.8, 4) is 11.5 Å². The number of ether oxygens (including phenoxy) is 2. The molecule has 1 aliphatic heterocycles. The van der Waals surface area contributed by atoms with Crippen LogP contribution >= 0.6 is 0 Å². The van der Waals surface area contributed by atoms with Crippen molar-refractivity contribution >= 4 is 11.4 Å². The molecule has 1 aliphatic rings. The van der Waals surface area contributed by atoms with Crippen LogP contribution in [0.4, 0.5) is 11.4 Å². The van der Waals surface area contributed by atoms with Crippen LogP contribution in [0.25, 0.3) is 0 Å². The number of nitro benzene ring substituents is 1. The Morgan fingerprint density at radius 2 is 1.96 bits per heavy atom. The molecule has 0 radical (unpaired) electrons. The van der Waals surface area contributed by atoms with Gasteiger partial charge >= 0.3 is 5.69 Å². The fourth-order valence-corrected chi connectivity index (χ4v) is 3.46. The van der Waals surface area contributed by atoms with E-state index in [2.05, 4.69) is 11.0 Å². The van der Waals surface area contributed by atoms with Gasteiger partial charge in [-0.05, 0) is 37.1 Å². The van der Waals surface area contributed by atoms with Gasteiger partial charge in [0.15, 0.2) is 5.75 Å². The van der Waals surface area contributed by atoms with E-state index in [-0.39, 0.29) is 16.5 Å². The van der Waals surface area contributed by atoms with E-state index in [0.29, 0.717) is 18.0 Å². The first-order chi connectivity index (χ1) is 12.2. The summed E-state index contributed by atoms with van der Waals surface area (Å²) < 4.78 is 10.9. The summed E-state index contributed by atoms with van der Waals surface area (Å²) in [7, 11) is 1.67. The summed E-state index contributed by atoms with van der Waals surface area (Å²) in [6.07, 6.45) is 0.927. The van der Waals surface area contributed by atoms with Gasteiger partial charge in [-0.25, -0.2) is 0 Å². The molecule has 1 saturated heterocycles. The molecule has 0 N–H and O–H groups in total. The first-order valence-electron chi connectivity index (χ1n) is 8.43. The Hall–Kier alpha value is -2.76. The van der Waals surface area contributed by atoms with E-state index in [0.717, 1.165) is 30.8 Å². The Kier molecular flexibility index (Phi) is 5.07. The molecule has 0 saturated carbocycles. The quantitative estimate of drug-likeness (QED) is 0.586. The third kappa shape index (κ3) is 3.38. The summed E-state index contributed by atoms with van der Waals surface area (Å²) >= 11 is 0. The molecular weight excluding hydrogens is 320 g/mol. The topological polar surface area (TPSA) is 64.8 Å². The van der Waals surface area contributed by atoms with E-state index in [1.165, 1.54) is 0 Å². The molecule has 0 bridgehead atoms. The maximum absolute atomic E-state index is 11.6. The van der Waals surface area contributed by atoms with Crippen molar-refractivity contribution in [3.05, 3.63) is 58.1 Å². The molecule has 3 rings (SSSR count). The second-order valence-corrected chi connectivity index (χ2v) is 5.99. The van der Waals surface area contributed by atoms with Crippen LogP contribution in [0.5, 0.6) is 11.5 Å². The summed E-state index contributed by atoms with van der Waals surface area (Å²) in [5.74, 6) is 1.48. The van der Waals surface area contributed by atoms with Crippen LogP contribution in [0.3, 0.4) is 0 Å². The Morgan fingerprint density at radius 1 is 1.20 bits per heavy atom. The van der Waals surface area contributed by atoms with Crippen molar-refractivity contribution in [3.63, 3.8) is 0 Å². The highest BCUT2D eigenvalue weighted by Gasteiger charge is 2.31. The molecular formula is C19H22N2O4. The van der Waals surface area contributed by atoms with Crippen LogP contribution in [0.15, 0.2) is 42.5 Å². The minimum absolute atomic E-state index is 0.0463. The zero-order valence-corrected chi connectivity index (χ0v) is 14.5. The van der Waals surface area contributed by atoms with Crippen molar-refractivity contribution in [1.29, 1.82) is 0 Å². The highest BCUT2D eigenvalue weighted by atomic mass is 16.6. The average molecular weight is 342 g/mol. The van der Waals surface area contributed by atoms with Gasteiger partial charge in [0.2, 0.25) is 0 Å². The first-order valence-corrected chi connectivity index (χ1v) is 8.43. The van der Waals surface area contributed by atoms with Gasteiger partial charge in [-0.1, -0.05) is 24.3 Å². The molecule has 2 aromatic rings. The van der Waals surface area contributed by atoms with Gasteiger partial charge in [-0.15, -0.1) is 0 Å². The molecule has 2 aromatic carbocycles. The van der Waals surface area contributed by atoms with Gasteiger partial charge < -0.3 is 14.4 Å². The van der Waals surface area contributed by atoms with Crippen LogP contribution in [-0.2, 0) is 0 Å². The lowest BCUT2D eigenvalue weighted by molar-refractivity contribution is -0.385. The van der Waals surface area contributed by atoms with Gasteiger partial charge in [0.1, 0.15) is 11.4 Å². The maximum Gasteiger partial charge on any atom is 0.333 e. The number of hydrogen-bond acceptors (Lipinski definition) is 5. The van der Waals surface area contributed by atoms with E-state index in [1.54, 1.807) is 19.2 Å². The van der Waals surface area contributed by atoms with Gasteiger partial charge in [-0.3, -0.25) is 10.1 Å². The van der Waals surface area contributed by atoms with E-state index >= 15 is 0 Å². The standard InChI is InChI=1S/C19H22N2O4/c1-3-25-18-10-6-8-16(19(18)21(22)23)20-12-11-14(13-20)15-7-4-5-9-17(15)24-2/h4-10,14H,3,11-13H2,1-2H3. The summed E-state index contributed by atoms with van der Waals surface area (Å²) in [5.41, 5.74) is 1.81. The Morgan fingerprint density at radius 3 is 2.68 bits per heavy atom. The molecule has 1 fully saturated rings. The van der Waals surface area contributed by atoms with Crippen LogP contribution in [0.1, 0.15) is 24.8 Å². The minimum atomic E-state index is -0.350. The lowest BCUT2D eigenvalue weighted by Gasteiger charge is -2.20. The lowest BCUT2D eigenvalue weighted by Crippen LogP contribution is -2.20. The fraction of sp³-hybridized carbons (Fsp3) is 0.368. The number of hydrogen-bond donors (Lipinski definition) is 0. The van der Waals surface area contributed by atoms with E-state index in [9.17, 15) is 10.1 Å². The molecule has 25 heavy (non-hydrogen) atoms. The van der Waals surface area contributed by atoms with E-state index in [1.807, 2.05) is 31.2 Å². The fourth-order valence-electron chi connectivity index (χ4n) is 3.46. The highest BCUT2D eigenvalue weighted by molar-refractivity contribution is 5.70. The lowest BCUT2D eigenvalue weighted by atomic mass is 9.97. The van der Waals surface area contributed by atoms with Crippen LogP contribution in [0.2, 0.25) is 0 Å². The molecule has 0 spiro atoms. The molecule has 1 heterocycles. The van der Waals surface area contributed by atoms with Crippen molar-refractivity contribution in [1.82, 2.24) is 0 Å². The van der Waals surface area contributed by atoms with Crippen LogP contribution in [0, 0.1) is 10.1 Å². The molecule has 6 nitrogen and oxygen atoms in total. The molecule has 0 amide bonds. The highest BCUT2D eigenvalue weighted by Crippen LogP contribution is 2.41. The van der Waals surface area contributed by atoms with Crippen LogP contribution in [-0.4, -0.2) is 31.7 Å². The number of methoxy groups -OCH3 is 1. The summed E-state index contributed by atoms with van der Waals surface area (Å²) in [5, 5.41) is 11.6. The second kappa shape index (κ2) is 7.42. The van der Waals surface area contributed by atoms with Crippen molar-refractivity contribution < 1.29 is 14.4 Å². The zero-order chi connectivity index (χ0) is 17.8. The SMILES string of the molecule is CCOc1cccc(N2CCC(c3ccccc3OC)C2)c1[N+](=O)[O-]. The molecule has 0 aliphatic carbocycles. The summed E-state index contributed by atoms with van der Waals surface area (Å²) in [6.45, 7) is 3.70. The largest absolute Gasteiger partial charge is 0.496 e. The monoisotopic (exact) mass is 342 g/mol. The average Bonchev–Trinajstić information content (AvgIpc) is 3.11. The number of rotatable bonds is 6. The minimum Gasteiger partial charge on any atom is -0.496 e. The predicted octanol–water partition coefficient (Wildman–Crippen LogP) is 4.00. The molecule has 1 unspecified atom stereocenters. The van der Waals surface area contributed by atoms with Gasteiger partial charge in [0.25, 0.3) is 0 Å². The molecule has 1 atom stereocenters. The van der Waals surface area contributed by atoms with Crippen LogP contribution < -0.4 is 14.4 Å². The maximum atomic E-state index is 11.6. The Bertz CT molecular complexity index is 763. The number of anilines is 1. The first kappa shape index (κ1) is 17.1. The van der Waals surface area contributed by atoms with Gasteiger partial charge in [-0.2, -0.15) is 0 Å². The van der Waals surface area contributed by atoms with Gasteiger partial charge in [0, 0.05) is 19.0 Å². The predicted molar refractivity (Wildman–Crippen MR) is 96.8 cm³/mol. The van der Waals surface area contributed by atoms with Crippen molar-refractivity contribution in [2.45, 2.75) is 19.3 Å². The van der Waals surface area contributed by atoms with Crippen molar-refractivity contribution in [2.75, 3.05) is 31.7 Å². The molecule has 0 aromatic heterocycles. The summed E-state index contributed by atoms with van der Waals surface area (Å²) in [4.78, 5) is 13.3. The number of para-hydroxylation sites is 2. The van der Waals surface area contributed by atoms with Crippen molar-refractivity contribution in [2.24, 2.45) is 0 Å². The number of benzene rings is 2. The van der Waals surface area contributed by atoms with E-state index in [4.69, 9.17) is 9.47 Å². The third-order valence-electron chi connectivity index (χ3n) is 4.57. The number of nitrogens with zero attached hydrogens (tertiary/aromatic N) is 2. The molecule has 132 valence electrons. The Balaban J connectivity index is 1.89. The smallest absolute Gasteiger partial charge is 0.333 e. The Labute approximate surface area is 147 Å². The zero-order valence-electron chi connectivity index (χ0n) is 14.5. The van der Waals surface area contributed by atoms with E-state index < -0.39 is 0 Å². The third-order valence-corrected chi connectivity index (χ3v) is 4.57.